The lowest BCUT2D eigenvalue weighted by molar-refractivity contribution is -0.113. The van der Waals surface area contributed by atoms with Crippen LogP contribution in [-0.4, -0.2) is 26.4 Å². The summed E-state index contributed by atoms with van der Waals surface area (Å²) in [7, 11) is 1.61. The van der Waals surface area contributed by atoms with Crippen LogP contribution in [0.3, 0.4) is 0 Å². The molecule has 2 aliphatic rings. The molecule has 0 atom stereocenters. The molecule has 2 aliphatic heterocycles. The maximum atomic E-state index is 13.1. The molecule has 0 saturated heterocycles. The minimum Gasteiger partial charge on any atom is -0.496 e. The molecule has 0 fully saturated rings. The number of nitrogens with zero attached hydrogens (tertiary/aromatic N) is 1. The molecular formula is C21H21NO4. The number of carbonyl (C=O) groups is 1. The number of para-hydroxylation sites is 1. The van der Waals surface area contributed by atoms with Crippen molar-refractivity contribution in [3.05, 3.63) is 47.5 Å². The van der Waals surface area contributed by atoms with Crippen molar-refractivity contribution >= 4 is 23.2 Å². The molecule has 0 aromatic heterocycles. The van der Waals surface area contributed by atoms with Crippen LogP contribution in [0.5, 0.6) is 17.2 Å². The first-order chi connectivity index (χ1) is 12.6. The standard InChI is InChI=1S/C21H21NO4/c1-13(2)11-22-17-7-5-4-6-15(17)16(21(22)23)8-14-9-19-20(26-12-25-19)10-18(14)24-3/h4-10,13H,11-12H2,1-3H3/b16-8-. The van der Waals surface area contributed by atoms with Crippen molar-refractivity contribution < 1.29 is 19.0 Å². The van der Waals surface area contributed by atoms with Crippen LogP contribution in [0.4, 0.5) is 5.69 Å². The molecule has 0 N–H and O–H groups in total. The maximum absolute atomic E-state index is 13.1. The summed E-state index contributed by atoms with van der Waals surface area (Å²) in [5, 5.41) is 0. The van der Waals surface area contributed by atoms with Gasteiger partial charge in [-0.1, -0.05) is 32.0 Å². The fraction of sp³-hybridized carbons (Fsp3) is 0.286. The van der Waals surface area contributed by atoms with Crippen molar-refractivity contribution in [3.8, 4) is 17.2 Å². The van der Waals surface area contributed by atoms with E-state index in [1.807, 2.05) is 41.3 Å². The molecular weight excluding hydrogens is 330 g/mol. The Hall–Kier alpha value is -2.95. The second kappa shape index (κ2) is 6.41. The monoisotopic (exact) mass is 351 g/mol. The number of carbonyl (C=O) groups excluding carboxylic acids is 1. The van der Waals surface area contributed by atoms with Crippen LogP contribution in [0.25, 0.3) is 11.6 Å². The number of methoxy groups -OCH3 is 1. The minimum absolute atomic E-state index is 0.0135. The van der Waals surface area contributed by atoms with Gasteiger partial charge in [-0.2, -0.15) is 0 Å². The van der Waals surface area contributed by atoms with E-state index in [1.54, 1.807) is 13.2 Å². The van der Waals surface area contributed by atoms with Crippen LogP contribution < -0.4 is 19.1 Å². The Morgan fingerprint density at radius 2 is 1.92 bits per heavy atom. The van der Waals surface area contributed by atoms with Crippen LogP contribution in [0, 0.1) is 5.92 Å². The minimum atomic E-state index is 0.0135. The predicted octanol–water partition coefficient (Wildman–Crippen LogP) is 3.97. The molecule has 2 aromatic carbocycles. The largest absolute Gasteiger partial charge is 0.496 e. The van der Waals surface area contributed by atoms with E-state index in [9.17, 15) is 4.79 Å². The Bertz CT molecular complexity index is 901. The molecule has 5 heteroatoms. The van der Waals surface area contributed by atoms with E-state index < -0.39 is 0 Å². The number of fused-ring (bicyclic) bond motifs is 2. The summed E-state index contributed by atoms with van der Waals surface area (Å²) >= 11 is 0. The van der Waals surface area contributed by atoms with Crippen molar-refractivity contribution in [2.45, 2.75) is 13.8 Å². The zero-order valence-corrected chi connectivity index (χ0v) is 15.1. The average Bonchev–Trinajstić information content (AvgIpc) is 3.19. The van der Waals surface area contributed by atoms with Crippen molar-refractivity contribution in [2.75, 3.05) is 25.3 Å². The van der Waals surface area contributed by atoms with Gasteiger partial charge in [0.25, 0.3) is 5.91 Å². The van der Waals surface area contributed by atoms with Gasteiger partial charge in [-0.25, -0.2) is 0 Å². The molecule has 0 unspecified atom stereocenters. The van der Waals surface area contributed by atoms with Gasteiger partial charge >= 0.3 is 0 Å². The normalized spacial score (nSPS) is 16.5. The fourth-order valence-electron chi connectivity index (χ4n) is 3.38. The Labute approximate surface area is 152 Å². The van der Waals surface area contributed by atoms with Gasteiger partial charge in [0.2, 0.25) is 6.79 Å². The van der Waals surface area contributed by atoms with Crippen LogP contribution in [0.2, 0.25) is 0 Å². The van der Waals surface area contributed by atoms with E-state index in [-0.39, 0.29) is 12.7 Å². The number of rotatable bonds is 4. The molecule has 0 spiro atoms. The third-order valence-corrected chi connectivity index (χ3v) is 4.53. The fourth-order valence-corrected chi connectivity index (χ4v) is 3.38. The number of amides is 1. The Balaban J connectivity index is 1.82. The first-order valence-corrected chi connectivity index (χ1v) is 8.69. The van der Waals surface area contributed by atoms with Gasteiger partial charge in [0, 0.05) is 29.3 Å². The first-order valence-electron chi connectivity index (χ1n) is 8.69. The van der Waals surface area contributed by atoms with Crippen molar-refractivity contribution in [1.82, 2.24) is 0 Å². The Morgan fingerprint density at radius 3 is 2.65 bits per heavy atom. The smallest absolute Gasteiger partial charge is 0.259 e. The first kappa shape index (κ1) is 16.5. The highest BCUT2D eigenvalue weighted by atomic mass is 16.7. The summed E-state index contributed by atoms with van der Waals surface area (Å²) in [5.74, 6) is 2.36. The molecule has 2 aromatic rings. The van der Waals surface area contributed by atoms with E-state index in [4.69, 9.17) is 14.2 Å². The third kappa shape index (κ3) is 2.69. The number of ether oxygens (including phenoxy) is 3. The van der Waals surface area contributed by atoms with E-state index >= 15 is 0 Å². The number of hydrogen-bond donors (Lipinski definition) is 0. The lowest BCUT2D eigenvalue weighted by atomic mass is 10.0. The Morgan fingerprint density at radius 1 is 1.19 bits per heavy atom. The van der Waals surface area contributed by atoms with Crippen LogP contribution in [0.1, 0.15) is 25.0 Å². The highest BCUT2D eigenvalue weighted by Gasteiger charge is 2.32. The molecule has 0 saturated carbocycles. The highest BCUT2D eigenvalue weighted by molar-refractivity contribution is 6.35. The summed E-state index contributed by atoms with van der Waals surface area (Å²) in [5.41, 5.74) is 3.36. The van der Waals surface area contributed by atoms with Crippen LogP contribution >= 0.6 is 0 Å². The molecule has 5 nitrogen and oxygen atoms in total. The third-order valence-electron chi connectivity index (χ3n) is 4.53. The summed E-state index contributed by atoms with van der Waals surface area (Å²) in [4.78, 5) is 14.9. The molecule has 0 radical (unpaired) electrons. The second-order valence-corrected chi connectivity index (χ2v) is 6.83. The Kier molecular flexibility index (Phi) is 4.07. The summed E-state index contributed by atoms with van der Waals surface area (Å²) < 4.78 is 16.4. The summed E-state index contributed by atoms with van der Waals surface area (Å²) in [6, 6.07) is 11.5. The molecule has 134 valence electrons. The van der Waals surface area contributed by atoms with Gasteiger partial charge in [-0.15, -0.1) is 0 Å². The molecule has 1 amide bonds. The molecule has 2 heterocycles. The zero-order chi connectivity index (χ0) is 18.3. The molecule has 0 bridgehead atoms. The lowest BCUT2D eigenvalue weighted by Gasteiger charge is -2.19. The van der Waals surface area contributed by atoms with E-state index in [0.29, 0.717) is 35.3 Å². The lowest BCUT2D eigenvalue weighted by Crippen LogP contribution is -2.30. The number of hydrogen-bond acceptors (Lipinski definition) is 4. The zero-order valence-electron chi connectivity index (χ0n) is 15.1. The summed E-state index contributed by atoms with van der Waals surface area (Å²) in [6.45, 7) is 5.10. The topological polar surface area (TPSA) is 48.0 Å². The van der Waals surface area contributed by atoms with Crippen molar-refractivity contribution in [2.24, 2.45) is 5.92 Å². The average molecular weight is 351 g/mol. The van der Waals surface area contributed by atoms with Crippen LogP contribution in [-0.2, 0) is 4.79 Å². The quantitative estimate of drug-likeness (QED) is 0.782. The SMILES string of the molecule is COc1cc2c(cc1/C=C1\C(=O)N(CC(C)C)c3ccccc31)OCO2. The van der Waals surface area contributed by atoms with Gasteiger partial charge < -0.3 is 19.1 Å². The van der Waals surface area contributed by atoms with Gasteiger partial charge in [0.05, 0.1) is 12.8 Å². The van der Waals surface area contributed by atoms with E-state index in [2.05, 4.69) is 13.8 Å². The highest BCUT2D eigenvalue weighted by Crippen LogP contribution is 2.42. The van der Waals surface area contributed by atoms with Crippen molar-refractivity contribution in [1.29, 1.82) is 0 Å². The van der Waals surface area contributed by atoms with Crippen LogP contribution in [0.15, 0.2) is 36.4 Å². The van der Waals surface area contributed by atoms with Crippen molar-refractivity contribution in [3.63, 3.8) is 0 Å². The predicted molar refractivity (Wildman–Crippen MR) is 101 cm³/mol. The van der Waals surface area contributed by atoms with Gasteiger partial charge in [-0.05, 0) is 24.1 Å². The number of benzene rings is 2. The second-order valence-electron chi connectivity index (χ2n) is 6.83. The maximum Gasteiger partial charge on any atom is 0.259 e. The van der Waals surface area contributed by atoms with E-state index in [0.717, 1.165) is 16.8 Å². The molecule has 4 rings (SSSR count). The number of anilines is 1. The van der Waals surface area contributed by atoms with E-state index in [1.165, 1.54) is 0 Å². The van der Waals surface area contributed by atoms with Gasteiger partial charge in [0.1, 0.15) is 5.75 Å². The van der Waals surface area contributed by atoms with Gasteiger partial charge in [-0.3, -0.25) is 4.79 Å². The summed E-state index contributed by atoms with van der Waals surface area (Å²) in [6.07, 6.45) is 1.88. The molecule has 26 heavy (non-hydrogen) atoms. The van der Waals surface area contributed by atoms with Gasteiger partial charge in [0.15, 0.2) is 11.5 Å². The molecule has 0 aliphatic carbocycles.